The van der Waals surface area contributed by atoms with E-state index in [-0.39, 0.29) is 22.2 Å². The number of fused-ring (bicyclic) bond motifs is 1. The van der Waals surface area contributed by atoms with Gasteiger partial charge >= 0.3 is 6.09 Å². The molecule has 2 aliphatic rings. The number of alkyl halides is 1. The third kappa shape index (κ3) is 3.15. The molecule has 0 aromatic heterocycles. The topological polar surface area (TPSA) is 61.9 Å². The molecule has 1 aromatic rings. The fraction of sp³-hybridized carbons (Fsp3) is 0.375. The molecule has 2 amide bonds. The van der Waals surface area contributed by atoms with Gasteiger partial charge in [0.05, 0.1) is 6.54 Å². The molecule has 0 aliphatic carbocycles. The molecule has 0 radical (unpaired) electrons. The molecular weight excluding hydrogens is 409 g/mol. The van der Waals surface area contributed by atoms with Crippen LogP contribution in [0.1, 0.15) is 12.5 Å². The van der Waals surface area contributed by atoms with Crippen molar-refractivity contribution < 1.29 is 14.3 Å². The van der Waals surface area contributed by atoms with Crippen LogP contribution in [0, 0.1) is 0 Å². The van der Waals surface area contributed by atoms with Crippen LogP contribution in [-0.4, -0.2) is 35.7 Å². The van der Waals surface area contributed by atoms with E-state index in [1.807, 2.05) is 31.4 Å². The van der Waals surface area contributed by atoms with Gasteiger partial charge in [0.2, 0.25) is 5.91 Å². The van der Waals surface area contributed by atoms with Gasteiger partial charge in [0.1, 0.15) is 4.05 Å². The molecule has 2 atom stereocenters. The van der Waals surface area contributed by atoms with Gasteiger partial charge in [0.25, 0.3) is 0 Å². The maximum atomic E-state index is 12.2. The highest BCUT2D eigenvalue weighted by Gasteiger charge is 2.41. The van der Waals surface area contributed by atoms with E-state index in [0.717, 1.165) is 17.8 Å². The second kappa shape index (κ2) is 6.38. The number of hydrogen-bond donors (Lipinski definition) is 1. The van der Waals surface area contributed by atoms with Crippen LogP contribution in [0.25, 0.3) is 0 Å². The molecule has 1 fully saturated rings. The minimum absolute atomic E-state index is 0.133. The maximum Gasteiger partial charge on any atom is 0.415 e. The molecule has 6 nitrogen and oxygen atoms in total. The summed E-state index contributed by atoms with van der Waals surface area (Å²) in [5, 5.41) is 2.70. The summed E-state index contributed by atoms with van der Waals surface area (Å²) in [6.45, 7) is 1.77. The van der Waals surface area contributed by atoms with Crippen molar-refractivity contribution in [3.05, 3.63) is 36.0 Å². The number of amides is 2. The second-order valence-electron chi connectivity index (χ2n) is 5.61. The number of rotatable bonds is 3. The van der Waals surface area contributed by atoms with Crippen LogP contribution in [0.5, 0.6) is 0 Å². The van der Waals surface area contributed by atoms with Crippen molar-refractivity contribution in [1.29, 1.82) is 0 Å². The maximum absolute atomic E-state index is 12.2. The fourth-order valence-electron chi connectivity index (χ4n) is 2.79. The Morgan fingerprint density at radius 2 is 2.26 bits per heavy atom. The average Bonchev–Trinajstić information content (AvgIpc) is 2.79. The molecule has 0 bridgehead atoms. The Balaban J connectivity index is 1.82. The Kier molecular flexibility index (Phi) is 4.47. The number of nitrogens with zero attached hydrogens (tertiary/aromatic N) is 2. The minimum Gasteiger partial charge on any atom is -0.441 e. The zero-order chi connectivity index (χ0) is 16.6. The lowest BCUT2D eigenvalue weighted by molar-refractivity contribution is -0.119. The summed E-state index contributed by atoms with van der Waals surface area (Å²) in [5.74, 6) is -0.133. The number of cyclic esters (lactones) is 1. The van der Waals surface area contributed by atoms with E-state index in [9.17, 15) is 9.59 Å². The highest BCUT2D eigenvalue weighted by molar-refractivity contribution is 14.1. The number of hydrogen-bond acceptors (Lipinski definition) is 4. The van der Waals surface area contributed by atoms with Crippen molar-refractivity contribution in [1.82, 2.24) is 5.32 Å². The minimum atomic E-state index is -0.376. The highest BCUT2D eigenvalue weighted by atomic mass is 127. The summed E-state index contributed by atoms with van der Waals surface area (Å²) >= 11 is 2.19. The fourth-order valence-corrected chi connectivity index (χ4v) is 3.74. The van der Waals surface area contributed by atoms with Crippen LogP contribution in [0.4, 0.5) is 16.2 Å². The van der Waals surface area contributed by atoms with Crippen LogP contribution in [-0.2, 0) is 16.0 Å². The molecule has 1 unspecified atom stereocenters. The smallest absolute Gasteiger partial charge is 0.415 e. The summed E-state index contributed by atoms with van der Waals surface area (Å²) in [6.07, 6.45) is 4.24. The average molecular weight is 427 g/mol. The number of ether oxygens (including phenoxy) is 1. The standard InChI is InChI=1S/C16H18IN3O3/c1-10(21)18-9-14-15(17)20(16(22)23-14)12-5-6-13-11(8-12)4-3-7-19(13)2/h3,5-8,14-15H,4,9H2,1-2H3,(H,18,21)/t14-,15?/m0/s1. The number of carbonyl (C=O) groups is 2. The van der Waals surface area contributed by atoms with E-state index in [0.29, 0.717) is 6.54 Å². The molecule has 2 heterocycles. The van der Waals surface area contributed by atoms with Gasteiger partial charge in [-0.15, -0.1) is 0 Å². The van der Waals surface area contributed by atoms with E-state index in [4.69, 9.17) is 4.74 Å². The normalized spacial score (nSPS) is 22.8. The van der Waals surface area contributed by atoms with Crippen LogP contribution < -0.4 is 15.1 Å². The molecule has 3 rings (SSSR count). The molecular formula is C16H18IN3O3. The van der Waals surface area contributed by atoms with E-state index < -0.39 is 0 Å². The number of halogens is 1. The van der Waals surface area contributed by atoms with Crippen molar-refractivity contribution in [2.75, 3.05) is 23.4 Å². The molecule has 7 heteroatoms. The highest BCUT2D eigenvalue weighted by Crippen LogP contribution is 2.34. The van der Waals surface area contributed by atoms with Crippen LogP contribution >= 0.6 is 22.6 Å². The number of carbonyl (C=O) groups excluding carboxylic acids is 2. The molecule has 23 heavy (non-hydrogen) atoms. The molecule has 2 aliphatic heterocycles. The first-order chi connectivity index (χ1) is 11.0. The van der Waals surface area contributed by atoms with Gasteiger partial charge in [-0.2, -0.15) is 0 Å². The lowest BCUT2D eigenvalue weighted by Gasteiger charge is -2.25. The van der Waals surface area contributed by atoms with Crippen LogP contribution in [0.3, 0.4) is 0 Å². The van der Waals surface area contributed by atoms with Crippen LogP contribution in [0.15, 0.2) is 30.5 Å². The first kappa shape index (κ1) is 16.1. The summed E-state index contributed by atoms with van der Waals surface area (Å²) in [4.78, 5) is 27.0. The third-order valence-corrected chi connectivity index (χ3v) is 5.30. The number of benzene rings is 1. The van der Waals surface area contributed by atoms with Crippen molar-refractivity contribution >= 4 is 46.0 Å². The number of nitrogens with one attached hydrogen (secondary N) is 1. The van der Waals surface area contributed by atoms with Crippen molar-refractivity contribution in [3.63, 3.8) is 0 Å². The Hall–Kier alpha value is -1.77. The largest absolute Gasteiger partial charge is 0.441 e. The summed E-state index contributed by atoms with van der Waals surface area (Å²) < 4.78 is 5.23. The van der Waals surface area contributed by atoms with Crippen molar-refractivity contribution in [2.24, 2.45) is 0 Å². The summed E-state index contributed by atoms with van der Waals surface area (Å²) in [7, 11) is 2.00. The lowest BCUT2D eigenvalue weighted by Crippen LogP contribution is -2.38. The van der Waals surface area contributed by atoms with Gasteiger partial charge in [-0.3, -0.25) is 9.69 Å². The van der Waals surface area contributed by atoms with E-state index in [1.54, 1.807) is 4.90 Å². The van der Waals surface area contributed by atoms with Crippen molar-refractivity contribution in [2.45, 2.75) is 23.5 Å². The van der Waals surface area contributed by atoms with E-state index >= 15 is 0 Å². The van der Waals surface area contributed by atoms with Crippen LogP contribution in [0.2, 0.25) is 0 Å². The Labute approximate surface area is 148 Å². The quantitative estimate of drug-likeness (QED) is 0.458. The van der Waals surface area contributed by atoms with Gasteiger partial charge in [-0.25, -0.2) is 4.79 Å². The van der Waals surface area contributed by atoms with Gasteiger partial charge in [0.15, 0.2) is 6.10 Å². The van der Waals surface area contributed by atoms with Gasteiger partial charge in [-0.05, 0) is 30.2 Å². The molecule has 0 saturated carbocycles. The molecule has 1 aromatic carbocycles. The van der Waals surface area contributed by atoms with E-state index in [1.165, 1.54) is 12.5 Å². The SMILES string of the molecule is CC(=O)NC[C@@H]1OC(=O)N(c2ccc3c(c2)CC=CN3C)C1I. The molecule has 1 N–H and O–H groups in total. The Morgan fingerprint density at radius 1 is 1.48 bits per heavy atom. The molecule has 122 valence electrons. The lowest BCUT2D eigenvalue weighted by atomic mass is 10.0. The van der Waals surface area contributed by atoms with E-state index in [2.05, 4.69) is 38.9 Å². The summed E-state index contributed by atoms with van der Waals surface area (Å²) in [5.41, 5.74) is 3.14. The summed E-state index contributed by atoms with van der Waals surface area (Å²) in [6, 6.07) is 5.98. The second-order valence-corrected chi connectivity index (χ2v) is 6.89. The third-order valence-electron chi connectivity index (χ3n) is 3.94. The predicted octanol–water partition coefficient (Wildman–Crippen LogP) is 2.42. The first-order valence-corrected chi connectivity index (χ1v) is 8.62. The Bertz CT molecular complexity index is 677. The van der Waals surface area contributed by atoms with Crippen molar-refractivity contribution in [3.8, 4) is 0 Å². The number of allylic oxidation sites excluding steroid dienone is 1. The van der Waals surface area contributed by atoms with Gasteiger partial charge < -0.3 is 15.0 Å². The van der Waals surface area contributed by atoms with Gasteiger partial charge in [-0.1, -0.05) is 28.7 Å². The van der Waals surface area contributed by atoms with Gasteiger partial charge in [0, 0.05) is 31.5 Å². The number of anilines is 2. The molecule has 0 spiro atoms. The molecule has 1 saturated heterocycles. The first-order valence-electron chi connectivity index (χ1n) is 7.38. The zero-order valence-corrected chi connectivity index (χ0v) is 15.1. The predicted molar refractivity (Wildman–Crippen MR) is 96.9 cm³/mol. The Morgan fingerprint density at radius 3 is 3.00 bits per heavy atom. The zero-order valence-electron chi connectivity index (χ0n) is 13.0. The monoisotopic (exact) mass is 427 g/mol.